The zero-order valence-electron chi connectivity index (χ0n) is 15.1. The summed E-state index contributed by atoms with van der Waals surface area (Å²) in [6.45, 7) is 2.43. The Morgan fingerprint density at radius 3 is 2.74 bits per heavy atom. The van der Waals surface area contributed by atoms with Crippen molar-refractivity contribution in [2.75, 3.05) is 0 Å². The molecule has 0 saturated heterocycles. The number of benzene rings is 2. The van der Waals surface area contributed by atoms with E-state index in [0.717, 1.165) is 34.1 Å². The van der Waals surface area contributed by atoms with Gasteiger partial charge >= 0.3 is 0 Å². The molecule has 2 heterocycles. The third kappa shape index (κ3) is 3.87. The van der Waals surface area contributed by atoms with Crippen LogP contribution in [-0.2, 0) is 13.0 Å². The minimum absolute atomic E-state index is 0.146. The van der Waals surface area contributed by atoms with Gasteiger partial charge in [-0.1, -0.05) is 42.0 Å². The average Bonchev–Trinajstić information content (AvgIpc) is 3.09. The Bertz CT molecular complexity index is 1090. The number of nitrogens with zero attached hydrogens (tertiary/aromatic N) is 2. The number of aromatic amines is 1. The first-order valence-electron chi connectivity index (χ1n) is 8.89. The summed E-state index contributed by atoms with van der Waals surface area (Å²) >= 11 is 0. The van der Waals surface area contributed by atoms with E-state index in [2.05, 4.69) is 38.7 Å². The summed E-state index contributed by atoms with van der Waals surface area (Å²) in [4.78, 5) is 16.8. The zero-order chi connectivity index (χ0) is 18.6. The number of pyridine rings is 1. The van der Waals surface area contributed by atoms with E-state index in [1.807, 2.05) is 43.3 Å². The second-order valence-electron chi connectivity index (χ2n) is 6.65. The monoisotopic (exact) mass is 356 g/mol. The van der Waals surface area contributed by atoms with Gasteiger partial charge in [-0.2, -0.15) is 5.10 Å². The molecule has 0 unspecified atom stereocenters. The number of amides is 1. The van der Waals surface area contributed by atoms with Crippen LogP contribution in [0.3, 0.4) is 0 Å². The van der Waals surface area contributed by atoms with E-state index in [-0.39, 0.29) is 5.91 Å². The molecule has 0 atom stereocenters. The highest BCUT2D eigenvalue weighted by Gasteiger charge is 2.10. The molecule has 0 fully saturated rings. The van der Waals surface area contributed by atoms with Crippen LogP contribution >= 0.6 is 0 Å². The van der Waals surface area contributed by atoms with E-state index in [1.165, 1.54) is 5.56 Å². The SMILES string of the molecule is Cc1ccc2n[nH]c(CNC(=O)c3cncc(Cc4ccccc4)c3)c2c1. The molecule has 0 aliphatic heterocycles. The van der Waals surface area contributed by atoms with Crippen LogP contribution in [-0.4, -0.2) is 21.1 Å². The van der Waals surface area contributed by atoms with E-state index in [9.17, 15) is 4.79 Å². The number of carbonyl (C=O) groups excluding carboxylic acids is 1. The molecule has 0 bridgehead atoms. The predicted molar refractivity (Wildman–Crippen MR) is 105 cm³/mol. The fraction of sp³-hybridized carbons (Fsp3) is 0.136. The molecule has 2 aromatic heterocycles. The number of fused-ring (bicyclic) bond motifs is 1. The lowest BCUT2D eigenvalue weighted by molar-refractivity contribution is 0.0950. The number of aryl methyl sites for hydroxylation is 1. The van der Waals surface area contributed by atoms with Gasteiger partial charge in [0.05, 0.1) is 23.3 Å². The molecule has 0 aliphatic carbocycles. The molecule has 2 aromatic carbocycles. The first-order valence-corrected chi connectivity index (χ1v) is 8.89. The highest BCUT2D eigenvalue weighted by molar-refractivity contribution is 5.94. The first-order chi connectivity index (χ1) is 13.2. The van der Waals surface area contributed by atoms with Crippen LogP contribution in [0.1, 0.15) is 32.7 Å². The molecule has 27 heavy (non-hydrogen) atoms. The summed E-state index contributed by atoms with van der Waals surface area (Å²) in [5.41, 5.74) is 5.72. The van der Waals surface area contributed by atoms with Crippen LogP contribution in [0.15, 0.2) is 67.0 Å². The number of aromatic nitrogens is 3. The third-order valence-electron chi connectivity index (χ3n) is 4.52. The normalized spacial score (nSPS) is 10.9. The smallest absolute Gasteiger partial charge is 0.253 e. The fourth-order valence-electron chi connectivity index (χ4n) is 3.12. The van der Waals surface area contributed by atoms with Crippen molar-refractivity contribution in [2.24, 2.45) is 0 Å². The maximum Gasteiger partial charge on any atom is 0.253 e. The average molecular weight is 356 g/mol. The second kappa shape index (κ2) is 7.41. The molecule has 0 saturated carbocycles. The lowest BCUT2D eigenvalue weighted by atomic mass is 10.1. The van der Waals surface area contributed by atoms with Crippen molar-refractivity contribution in [3.63, 3.8) is 0 Å². The summed E-state index contributed by atoms with van der Waals surface area (Å²) in [5, 5.41) is 11.3. The Balaban J connectivity index is 1.46. The molecule has 0 spiro atoms. The quantitative estimate of drug-likeness (QED) is 0.571. The maximum atomic E-state index is 12.6. The Morgan fingerprint density at radius 2 is 1.89 bits per heavy atom. The Morgan fingerprint density at radius 1 is 1.04 bits per heavy atom. The fourth-order valence-corrected chi connectivity index (χ4v) is 3.12. The van der Waals surface area contributed by atoms with Crippen molar-refractivity contribution in [3.05, 3.63) is 94.9 Å². The van der Waals surface area contributed by atoms with Gasteiger partial charge in [-0.15, -0.1) is 0 Å². The van der Waals surface area contributed by atoms with Gasteiger partial charge in [0.1, 0.15) is 0 Å². The lowest BCUT2D eigenvalue weighted by Crippen LogP contribution is -2.23. The summed E-state index contributed by atoms with van der Waals surface area (Å²) < 4.78 is 0. The maximum absolute atomic E-state index is 12.6. The zero-order valence-corrected chi connectivity index (χ0v) is 15.1. The number of nitrogens with one attached hydrogen (secondary N) is 2. The molecule has 0 radical (unpaired) electrons. The van der Waals surface area contributed by atoms with Crippen LogP contribution in [0.2, 0.25) is 0 Å². The number of H-pyrrole nitrogens is 1. The van der Waals surface area contributed by atoms with Gasteiger partial charge in [-0.05, 0) is 42.7 Å². The van der Waals surface area contributed by atoms with Gasteiger partial charge in [0.25, 0.3) is 5.91 Å². The molecule has 4 aromatic rings. The van der Waals surface area contributed by atoms with Crippen molar-refractivity contribution < 1.29 is 4.79 Å². The third-order valence-corrected chi connectivity index (χ3v) is 4.52. The van der Waals surface area contributed by atoms with E-state index >= 15 is 0 Å². The Hall–Kier alpha value is -3.47. The molecular weight excluding hydrogens is 336 g/mol. The van der Waals surface area contributed by atoms with Crippen LogP contribution in [0.4, 0.5) is 0 Å². The number of hydrogen-bond donors (Lipinski definition) is 2. The Labute approximate surface area is 157 Å². The summed E-state index contributed by atoms with van der Waals surface area (Å²) in [6, 6.07) is 18.1. The van der Waals surface area contributed by atoms with E-state index < -0.39 is 0 Å². The van der Waals surface area contributed by atoms with E-state index in [4.69, 9.17) is 0 Å². The Kier molecular flexibility index (Phi) is 4.66. The van der Waals surface area contributed by atoms with Crippen molar-refractivity contribution in [2.45, 2.75) is 19.9 Å². The lowest BCUT2D eigenvalue weighted by Gasteiger charge is -2.07. The van der Waals surface area contributed by atoms with E-state index in [1.54, 1.807) is 12.4 Å². The first kappa shape index (κ1) is 17.0. The second-order valence-corrected chi connectivity index (χ2v) is 6.65. The molecule has 5 heteroatoms. The van der Waals surface area contributed by atoms with E-state index in [0.29, 0.717) is 12.1 Å². The number of rotatable bonds is 5. The minimum atomic E-state index is -0.146. The van der Waals surface area contributed by atoms with Crippen molar-refractivity contribution >= 4 is 16.8 Å². The highest BCUT2D eigenvalue weighted by atomic mass is 16.1. The highest BCUT2D eigenvalue weighted by Crippen LogP contribution is 2.17. The summed E-state index contributed by atoms with van der Waals surface area (Å²) in [5.74, 6) is -0.146. The van der Waals surface area contributed by atoms with Gasteiger partial charge in [0.15, 0.2) is 0 Å². The molecule has 2 N–H and O–H groups in total. The summed E-state index contributed by atoms with van der Waals surface area (Å²) in [6.07, 6.45) is 4.15. The van der Waals surface area contributed by atoms with Crippen molar-refractivity contribution in [1.82, 2.24) is 20.5 Å². The van der Waals surface area contributed by atoms with Crippen molar-refractivity contribution in [3.8, 4) is 0 Å². The molecular formula is C22H20N4O. The largest absolute Gasteiger partial charge is 0.346 e. The topological polar surface area (TPSA) is 70.7 Å². The van der Waals surface area contributed by atoms with Gasteiger partial charge in [0.2, 0.25) is 0 Å². The van der Waals surface area contributed by atoms with Crippen LogP contribution < -0.4 is 5.32 Å². The molecule has 5 nitrogen and oxygen atoms in total. The van der Waals surface area contributed by atoms with Crippen LogP contribution in [0.5, 0.6) is 0 Å². The summed E-state index contributed by atoms with van der Waals surface area (Å²) in [7, 11) is 0. The number of hydrogen-bond acceptors (Lipinski definition) is 3. The number of carbonyl (C=O) groups is 1. The molecule has 134 valence electrons. The van der Waals surface area contributed by atoms with Gasteiger partial charge < -0.3 is 5.32 Å². The van der Waals surface area contributed by atoms with Crippen LogP contribution in [0.25, 0.3) is 10.9 Å². The molecule has 0 aliphatic rings. The van der Waals surface area contributed by atoms with Crippen molar-refractivity contribution in [1.29, 1.82) is 0 Å². The minimum Gasteiger partial charge on any atom is -0.346 e. The predicted octanol–water partition coefficient (Wildman–Crippen LogP) is 3.79. The van der Waals surface area contributed by atoms with Gasteiger partial charge in [0, 0.05) is 17.8 Å². The molecule has 4 rings (SSSR count). The molecule has 1 amide bonds. The van der Waals surface area contributed by atoms with Gasteiger partial charge in [-0.3, -0.25) is 14.9 Å². The van der Waals surface area contributed by atoms with Gasteiger partial charge in [-0.25, -0.2) is 0 Å². The standard InChI is InChI=1S/C22H20N4O/c1-15-7-8-20-19(9-15)21(26-25-20)14-24-22(27)18-11-17(12-23-13-18)10-16-5-3-2-4-6-16/h2-9,11-13H,10,14H2,1H3,(H,24,27)(H,25,26). The van der Waals surface area contributed by atoms with Crippen LogP contribution in [0, 0.1) is 6.92 Å².